The highest BCUT2D eigenvalue weighted by atomic mass is 15.4. The predicted octanol–water partition coefficient (Wildman–Crippen LogP) is 2.30. The highest BCUT2D eigenvalue weighted by Gasteiger charge is 2.33. The zero-order valence-corrected chi connectivity index (χ0v) is 11.8. The molecule has 0 aromatic heterocycles. The van der Waals surface area contributed by atoms with Crippen LogP contribution < -0.4 is 10.9 Å². The van der Waals surface area contributed by atoms with Crippen molar-refractivity contribution in [2.75, 3.05) is 6.54 Å². The second-order valence-electron chi connectivity index (χ2n) is 6.05. The van der Waals surface area contributed by atoms with Crippen LogP contribution in [0.3, 0.4) is 0 Å². The summed E-state index contributed by atoms with van der Waals surface area (Å²) in [5, 5.41) is 0. The molecule has 1 aromatic carbocycles. The maximum atomic E-state index is 3.50. The second kappa shape index (κ2) is 6.04. The lowest BCUT2D eigenvalue weighted by Crippen LogP contribution is -2.51. The normalized spacial score (nSPS) is 32.6. The Hall–Kier alpha value is -0.900. The molecule has 0 bridgehead atoms. The van der Waals surface area contributed by atoms with Gasteiger partial charge in [0, 0.05) is 24.7 Å². The minimum atomic E-state index is 0.602. The summed E-state index contributed by atoms with van der Waals surface area (Å²) in [5.41, 5.74) is 8.31. The molecule has 19 heavy (non-hydrogen) atoms. The highest BCUT2D eigenvalue weighted by molar-refractivity contribution is 5.15. The largest absolute Gasteiger partial charge is 0.295 e. The third-order valence-electron chi connectivity index (χ3n) is 4.48. The SMILES string of the molecule is CC1CC(C2CCCCN2Cc2ccccc2)NN1. The van der Waals surface area contributed by atoms with Crippen LogP contribution in [-0.4, -0.2) is 29.6 Å². The monoisotopic (exact) mass is 259 g/mol. The van der Waals surface area contributed by atoms with E-state index in [2.05, 4.69) is 53.0 Å². The smallest absolute Gasteiger partial charge is 0.0384 e. The Morgan fingerprint density at radius 1 is 1.16 bits per heavy atom. The predicted molar refractivity (Wildman–Crippen MR) is 78.6 cm³/mol. The number of likely N-dealkylation sites (tertiary alicyclic amines) is 1. The molecule has 0 radical (unpaired) electrons. The first-order valence-corrected chi connectivity index (χ1v) is 7.62. The Labute approximate surface area is 116 Å². The maximum Gasteiger partial charge on any atom is 0.0384 e. The van der Waals surface area contributed by atoms with Crippen molar-refractivity contribution >= 4 is 0 Å². The van der Waals surface area contributed by atoms with Crippen molar-refractivity contribution in [1.29, 1.82) is 0 Å². The third-order valence-corrected chi connectivity index (χ3v) is 4.48. The van der Waals surface area contributed by atoms with Gasteiger partial charge in [-0.25, -0.2) is 0 Å². The summed E-state index contributed by atoms with van der Waals surface area (Å²) >= 11 is 0. The molecule has 3 rings (SSSR count). The summed E-state index contributed by atoms with van der Waals surface area (Å²) in [6.07, 6.45) is 5.30. The lowest BCUT2D eigenvalue weighted by Gasteiger charge is -2.39. The molecule has 2 aliphatic heterocycles. The molecular formula is C16H25N3. The summed E-state index contributed by atoms with van der Waals surface area (Å²) in [6, 6.07) is 12.8. The fraction of sp³-hybridized carbons (Fsp3) is 0.625. The number of benzene rings is 1. The fourth-order valence-corrected chi connectivity index (χ4v) is 3.49. The number of hydrazine groups is 1. The molecule has 2 saturated heterocycles. The molecule has 0 amide bonds. The van der Waals surface area contributed by atoms with E-state index in [1.165, 1.54) is 37.8 Å². The molecule has 2 fully saturated rings. The molecule has 3 atom stereocenters. The van der Waals surface area contributed by atoms with Crippen LogP contribution in [0.25, 0.3) is 0 Å². The molecule has 2 aliphatic rings. The maximum absolute atomic E-state index is 3.50. The summed E-state index contributed by atoms with van der Waals surface area (Å²) < 4.78 is 0. The Bertz CT molecular complexity index is 392. The molecule has 0 spiro atoms. The second-order valence-corrected chi connectivity index (χ2v) is 6.05. The molecule has 3 nitrogen and oxygen atoms in total. The van der Waals surface area contributed by atoms with Crippen molar-refractivity contribution in [2.24, 2.45) is 0 Å². The molecule has 3 heteroatoms. The van der Waals surface area contributed by atoms with Crippen LogP contribution in [0.15, 0.2) is 30.3 Å². The lowest BCUT2D eigenvalue weighted by molar-refractivity contribution is 0.110. The topological polar surface area (TPSA) is 27.3 Å². The van der Waals surface area contributed by atoms with Gasteiger partial charge in [-0.3, -0.25) is 15.8 Å². The molecule has 2 heterocycles. The van der Waals surface area contributed by atoms with Crippen LogP contribution in [0.5, 0.6) is 0 Å². The van der Waals surface area contributed by atoms with Gasteiger partial charge in [0.25, 0.3) is 0 Å². The fourth-order valence-electron chi connectivity index (χ4n) is 3.49. The molecular weight excluding hydrogens is 234 g/mol. The van der Waals surface area contributed by atoms with Crippen LogP contribution in [0.4, 0.5) is 0 Å². The van der Waals surface area contributed by atoms with E-state index in [1.807, 2.05) is 0 Å². The lowest BCUT2D eigenvalue weighted by atomic mass is 9.93. The van der Waals surface area contributed by atoms with Crippen molar-refractivity contribution in [3.8, 4) is 0 Å². The Balaban J connectivity index is 1.67. The van der Waals surface area contributed by atoms with Gasteiger partial charge >= 0.3 is 0 Å². The molecule has 104 valence electrons. The Morgan fingerprint density at radius 3 is 2.74 bits per heavy atom. The van der Waals surface area contributed by atoms with E-state index >= 15 is 0 Å². The standard InChI is InChI=1S/C16H25N3/c1-13-11-15(18-17-13)16-9-5-6-10-19(16)12-14-7-3-2-4-8-14/h2-4,7-8,13,15-18H,5-6,9-12H2,1H3. The molecule has 0 saturated carbocycles. The first-order valence-electron chi connectivity index (χ1n) is 7.62. The van der Waals surface area contributed by atoms with Gasteiger partial charge in [-0.2, -0.15) is 0 Å². The number of rotatable bonds is 3. The number of hydrogen-bond acceptors (Lipinski definition) is 3. The molecule has 2 N–H and O–H groups in total. The average molecular weight is 259 g/mol. The first kappa shape index (κ1) is 13.1. The zero-order valence-electron chi connectivity index (χ0n) is 11.8. The van der Waals surface area contributed by atoms with E-state index in [-0.39, 0.29) is 0 Å². The van der Waals surface area contributed by atoms with Crippen molar-refractivity contribution in [3.05, 3.63) is 35.9 Å². The molecule has 1 aromatic rings. The summed E-state index contributed by atoms with van der Waals surface area (Å²) in [5.74, 6) is 0. The molecule has 0 aliphatic carbocycles. The van der Waals surface area contributed by atoms with Crippen molar-refractivity contribution in [1.82, 2.24) is 15.8 Å². The zero-order chi connectivity index (χ0) is 13.1. The van der Waals surface area contributed by atoms with E-state index in [9.17, 15) is 0 Å². The van der Waals surface area contributed by atoms with Crippen LogP contribution in [-0.2, 0) is 6.54 Å². The number of nitrogens with one attached hydrogen (secondary N) is 2. The van der Waals surface area contributed by atoms with Gasteiger partial charge in [-0.05, 0) is 38.3 Å². The van der Waals surface area contributed by atoms with Crippen LogP contribution in [0, 0.1) is 0 Å². The minimum Gasteiger partial charge on any atom is -0.295 e. The van der Waals surface area contributed by atoms with Gasteiger partial charge in [0.2, 0.25) is 0 Å². The molecule has 3 unspecified atom stereocenters. The van der Waals surface area contributed by atoms with Gasteiger partial charge in [-0.1, -0.05) is 36.8 Å². The van der Waals surface area contributed by atoms with Gasteiger partial charge in [0.15, 0.2) is 0 Å². The summed E-state index contributed by atoms with van der Waals surface area (Å²) in [7, 11) is 0. The number of piperidine rings is 1. The van der Waals surface area contributed by atoms with Crippen LogP contribution in [0.2, 0.25) is 0 Å². The average Bonchev–Trinajstić information content (AvgIpc) is 2.87. The van der Waals surface area contributed by atoms with Crippen molar-refractivity contribution < 1.29 is 0 Å². The minimum absolute atomic E-state index is 0.602. The van der Waals surface area contributed by atoms with Gasteiger partial charge < -0.3 is 0 Å². The number of nitrogens with zero attached hydrogens (tertiary/aromatic N) is 1. The van der Waals surface area contributed by atoms with Gasteiger partial charge in [0.1, 0.15) is 0 Å². The van der Waals surface area contributed by atoms with Crippen LogP contribution in [0.1, 0.15) is 38.2 Å². The van der Waals surface area contributed by atoms with E-state index in [4.69, 9.17) is 0 Å². The van der Waals surface area contributed by atoms with Gasteiger partial charge in [0.05, 0.1) is 0 Å². The summed E-state index contributed by atoms with van der Waals surface area (Å²) in [6.45, 7) is 4.60. The quantitative estimate of drug-likeness (QED) is 0.872. The third kappa shape index (κ3) is 3.16. The highest BCUT2D eigenvalue weighted by Crippen LogP contribution is 2.25. The Morgan fingerprint density at radius 2 is 2.00 bits per heavy atom. The van der Waals surface area contributed by atoms with E-state index in [0.717, 1.165) is 6.54 Å². The first-order chi connectivity index (χ1) is 9.33. The number of hydrogen-bond donors (Lipinski definition) is 2. The van der Waals surface area contributed by atoms with Crippen LogP contribution >= 0.6 is 0 Å². The van der Waals surface area contributed by atoms with E-state index in [1.54, 1.807) is 0 Å². The van der Waals surface area contributed by atoms with E-state index in [0.29, 0.717) is 18.1 Å². The van der Waals surface area contributed by atoms with E-state index < -0.39 is 0 Å². The van der Waals surface area contributed by atoms with Gasteiger partial charge in [-0.15, -0.1) is 0 Å². The van der Waals surface area contributed by atoms with Crippen molar-refractivity contribution in [2.45, 2.75) is 57.3 Å². The van der Waals surface area contributed by atoms with Crippen molar-refractivity contribution in [3.63, 3.8) is 0 Å². The Kier molecular flexibility index (Phi) is 4.16. The summed E-state index contributed by atoms with van der Waals surface area (Å²) in [4.78, 5) is 2.68.